The second-order valence-corrected chi connectivity index (χ2v) is 7.07. The van der Waals surface area contributed by atoms with E-state index in [1.807, 2.05) is 0 Å². The lowest BCUT2D eigenvalue weighted by Crippen LogP contribution is -2.24. The molecule has 2 aromatic rings. The normalized spacial score (nSPS) is 20.2. The van der Waals surface area contributed by atoms with Crippen molar-refractivity contribution in [2.24, 2.45) is 0 Å². The fourth-order valence-corrected chi connectivity index (χ4v) is 3.51. The Balaban J connectivity index is 1.58. The predicted molar refractivity (Wildman–Crippen MR) is 96.6 cm³/mol. The van der Waals surface area contributed by atoms with Gasteiger partial charge in [0.1, 0.15) is 17.6 Å². The number of hydrogen-bond acceptors (Lipinski definition) is 4. The van der Waals surface area contributed by atoms with Crippen molar-refractivity contribution in [3.8, 4) is 11.5 Å². The van der Waals surface area contributed by atoms with Gasteiger partial charge >= 0.3 is 5.97 Å². The van der Waals surface area contributed by atoms with Gasteiger partial charge in [0.25, 0.3) is 0 Å². The lowest BCUT2D eigenvalue weighted by Gasteiger charge is -2.29. The minimum atomic E-state index is -0.408. The van der Waals surface area contributed by atoms with Crippen LogP contribution in [0.15, 0.2) is 36.4 Å². The number of benzene rings is 2. The number of halogens is 2. The minimum absolute atomic E-state index is 0.0468. The van der Waals surface area contributed by atoms with E-state index in [1.165, 1.54) is 12.1 Å². The summed E-state index contributed by atoms with van der Waals surface area (Å²) in [6, 6.07) is 9.35. The van der Waals surface area contributed by atoms with Crippen molar-refractivity contribution in [1.82, 2.24) is 0 Å². The maximum Gasteiger partial charge on any atom is 0.338 e. The Bertz CT molecular complexity index is 783. The zero-order valence-electron chi connectivity index (χ0n) is 13.4. The molecule has 3 rings (SSSR count). The van der Waals surface area contributed by atoms with Crippen LogP contribution >= 0.6 is 23.2 Å². The second kappa shape index (κ2) is 7.54. The zero-order chi connectivity index (χ0) is 18.0. The van der Waals surface area contributed by atoms with Gasteiger partial charge in [0.15, 0.2) is 0 Å². The highest BCUT2D eigenvalue weighted by Crippen LogP contribution is 2.39. The highest BCUT2D eigenvalue weighted by molar-refractivity contribution is 6.42. The van der Waals surface area contributed by atoms with Crippen molar-refractivity contribution < 1.29 is 19.7 Å². The molecule has 0 aromatic heterocycles. The van der Waals surface area contributed by atoms with Crippen molar-refractivity contribution >= 4 is 29.2 Å². The molecular formula is C19H18Cl2O4. The van der Waals surface area contributed by atoms with Crippen LogP contribution in [-0.4, -0.2) is 22.3 Å². The van der Waals surface area contributed by atoms with E-state index in [4.69, 9.17) is 27.9 Å². The fourth-order valence-electron chi connectivity index (χ4n) is 3.21. The summed E-state index contributed by atoms with van der Waals surface area (Å²) < 4.78 is 5.56. The first-order valence-corrected chi connectivity index (χ1v) is 8.87. The van der Waals surface area contributed by atoms with Gasteiger partial charge < -0.3 is 14.9 Å². The van der Waals surface area contributed by atoms with Gasteiger partial charge in [-0.1, -0.05) is 29.3 Å². The summed E-state index contributed by atoms with van der Waals surface area (Å²) in [5.74, 6) is -0.0585. The Kier molecular flexibility index (Phi) is 5.40. The number of rotatable bonds is 3. The summed E-state index contributed by atoms with van der Waals surface area (Å²) >= 11 is 11.8. The van der Waals surface area contributed by atoms with Crippen LogP contribution in [0, 0.1) is 0 Å². The van der Waals surface area contributed by atoms with Gasteiger partial charge in [0.2, 0.25) is 0 Å². The molecule has 2 N–H and O–H groups in total. The van der Waals surface area contributed by atoms with Crippen LogP contribution in [0.2, 0.25) is 10.0 Å². The molecule has 1 aliphatic rings. The van der Waals surface area contributed by atoms with E-state index in [2.05, 4.69) is 0 Å². The lowest BCUT2D eigenvalue weighted by atomic mass is 9.82. The number of aromatic hydroxyl groups is 2. The van der Waals surface area contributed by atoms with Crippen LogP contribution in [-0.2, 0) is 4.74 Å². The highest BCUT2D eigenvalue weighted by Gasteiger charge is 2.27. The maximum absolute atomic E-state index is 12.2. The average molecular weight is 381 g/mol. The molecule has 0 saturated heterocycles. The zero-order valence-corrected chi connectivity index (χ0v) is 14.9. The molecule has 0 radical (unpaired) electrons. The van der Waals surface area contributed by atoms with Gasteiger partial charge in [0, 0.05) is 6.07 Å². The number of phenols is 2. The van der Waals surface area contributed by atoms with Gasteiger partial charge in [-0.05, 0) is 61.4 Å². The van der Waals surface area contributed by atoms with E-state index in [-0.39, 0.29) is 23.5 Å². The number of hydrogen-bond donors (Lipinski definition) is 2. The molecule has 0 amide bonds. The van der Waals surface area contributed by atoms with E-state index in [0.717, 1.165) is 31.2 Å². The molecule has 0 aliphatic heterocycles. The van der Waals surface area contributed by atoms with E-state index in [1.54, 1.807) is 24.3 Å². The van der Waals surface area contributed by atoms with Crippen molar-refractivity contribution in [2.45, 2.75) is 37.7 Å². The summed E-state index contributed by atoms with van der Waals surface area (Å²) in [7, 11) is 0. The molecule has 0 heterocycles. The molecule has 132 valence electrons. The molecule has 2 aromatic carbocycles. The topological polar surface area (TPSA) is 66.8 Å². The first-order chi connectivity index (χ1) is 11.9. The monoisotopic (exact) mass is 380 g/mol. The summed E-state index contributed by atoms with van der Waals surface area (Å²) in [6.45, 7) is 0. The van der Waals surface area contributed by atoms with Crippen molar-refractivity contribution in [3.63, 3.8) is 0 Å². The van der Waals surface area contributed by atoms with Gasteiger partial charge in [0.05, 0.1) is 15.6 Å². The van der Waals surface area contributed by atoms with Crippen LogP contribution in [0.5, 0.6) is 11.5 Å². The second-order valence-electron chi connectivity index (χ2n) is 6.25. The van der Waals surface area contributed by atoms with Gasteiger partial charge in [-0.25, -0.2) is 4.79 Å². The molecular weight excluding hydrogens is 363 g/mol. The molecule has 4 nitrogen and oxygen atoms in total. The number of ether oxygens (including phenoxy) is 1. The van der Waals surface area contributed by atoms with E-state index in [0.29, 0.717) is 15.6 Å². The molecule has 25 heavy (non-hydrogen) atoms. The van der Waals surface area contributed by atoms with E-state index in [9.17, 15) is 15.0 Å². The fraction of sp³-hybridized carbons (Fsp3) is 0.316. The van der Waals surface area contributed by atoms with Gasteiger partial charge in [-0.2, -0.15) is 0 Å². The predicted octanol–water partition coefficient (Wildman–Crippen LogP) is 5.29. The third-order valence-corrected chi connectivity index (χ3v) is 5.30. The van der Waals surface area contributed by atoms with Crippen LogP contribution in [0.25, 0.3) is 0 Å². The Morgan fingerprint density at radius 3 is 2.32 bits per heavy atom. The Hall–Kier alpha value is -1.91. The third-order valence-electron chi connectivity index (χ3n) is 4.56. The molecule has 0 bridgehead atoms. The van der Waals surface area contributed by atoms with Crippen molar-refractivity contribution in [1.29, 1.82) is 0 Å². The first-order valence-electron chi connectivity index (χ1n) is 8.12. The SMILES string of the molecule is O=C(OC1CCC(c2ccc(O)cc2O)CC1)c1ccc(Cl)c(Cl)c1. The third kappa shape index (κ3) is 4.20. The van der Waals surface area contributed by atoms with Crippen LogP contribution < -0.4 is 0 Å². The molecule has 0 atom stereocenters. The standard InChI is InChI=1S/C19H18Cl2O4/c20-16-8-3-12(9-17(16)21)19(24)25-14-5-1-11(2-6-14)15-7-4-13(22)10-18(15)23/h3-4,7-11,14,22-23H,1-2,5-6H2. The number of carbonyl (C=O) groups is 1. The average Bonchev–Trinajstić information content (AvgIpc) is 2.58. The van der Waals surface area contributed by atoms with E-state index < -0.39 is 5.97 Å². The van der Waals surface area contributed by atoms with Gasteiger partial charge in [-0.3, -0.25) is 0 Å². The Morgan fingerprint density at radius 1 is 0.960 bits per heavy atom. The quantitative estimate of drug-likeness (QED) is 0.710. The molecule has 1 aliphatic carbocycles. The summed E-state index contributed by atoms with van der Waals surface area (Å²) in [4.78, 5) is 12.2. The van der Waals surface area contributed by atoms with Crippen LogP contribution in [0.4, 0.5) is 0 Å². The Labute approximate surface area is 156 Å². The number of esters is 1. The summed E-state index contributed by atoms with van der Waals surface area (Å²) in [5.41, 5.74) is 1.21. The smallest absolute Gasteiger partial charge is 0.338 e. The maximum atomic E-state index is 12.2. The van der Waals surface area contributed by atoms with Crippen molar-refractivity contribution in [3.05, 3.63) is 57.6 Å². The van der Waals surface area contributed by atoms with Gasteiger partial charge in [-0.15, -0.1) is 0 Å². The lowest BCUT2D eigenvalue weighted by molar-refractivity contribution is 0.0194. The van der Waals surface area contributed by atoms with Crippen molar-refractivity contribution in [2.75, 3.05) is 0 Å². The summed E-state index contributed by atoms with van der Waals surface area (Å²) in [5, 5.41) is 20.1. The molecule has 0 unspecified atom stereocenters. The van der Waals surface area contributed by atoms with Crippen LogP contribution in [0.3, 0.4) is 0 Å². The molecule has 1 fully saturated rings. The van der Waals surface area contributed by atoms with Crippen LogP contribution in [0.1, 0.15) is 47.5 Å². The highest BCUT2D eigenvalue weighted by atomic mass is 35.5. The minimum Gasteiger partial charge on any atom is -0.508 e. The number of carbonyl (C=O) groups excluding carboxylic acids is 1. The molecule has 6 heteroatoms. The first kappa shape index (κ1) is 17.9. The largest absolute Gasteiger partial charge is 0.508 e. The Morgan fingerprint density at radius 2 is 1.68 bits per heavy atom. The molecule has 0 spiro atoms. The number of phenolic OH excluding ortho intramolecular Hbond substituents is 2. The van der Waals surface area contributed by atoms with E-state index >= 15 is 0 Å². The summed E-state index contributed by atoms with van der Waals surface area (Å²) in [6.07, 6.45) is 2.89. The molecule has 1 saturated carbocycles.